The highest BCUT2D eigenvalue weighted by Gasteiger charge is 2.31. The van der Waals surface area contributed by atoms with E-state index < -0.39 is 0 Å². The number of amides is 1. The first kappa shape index (κ1) is 17.2. The second kappa shape index (κ2) is 7.80. The molecule has 20 heavy (non-hydrogen) atoms. The van der Waals surface area contributed by atoms with Crippen molar-refractivity contribution in [2.24, 2.45) is 11.3 Å². The average molecular weight is 281 g/mol. The molecule has 1 aliphatic carbocycles. The van der Waals surface area contributed by atoms with E-state index in [1.807, 2.05) is 27.7 Å². The van der Waals surface area contributed by atoms with Crippen LogP contribution in [0.5, 0.6) is 0 Å². The van der Waals surface area contributed by atoms with Gasteiger partial charge in [-0.3, -0.25) is 9.59 Å². The van der Waals surface area contributed by atoms with Gasteiger partial charge in [-0.1, -0.05) is 59.8 Å². The molecule has 0 aromatic heterocycles. The lowest BCUT2D eigenvalue weighted by Crippen LogP contribution is -2.49. The summed E-state index contributed by atoms with van der Waals surface area (Å²) in [5, 5.41) is 2.96. The van der Waals surface area contributed by atoms with Crippen LogP contribution in [-0.4, -0.2) is 17.7 Å². The molecule has 1 rings (SSSR count). The molecule has 0 saturated heterocycles. The van der Waals surface area contributed by atoms with Crippen molar-refractivity contribution >= 4 is 11.7 Å². The maximum Gasteiger partial charge on any atom is 0.220 e. The summed E-state index contributed by atoms with van der Waals surface area (Å²) >= 11 is 0. The lowest BCUT2D eigenvalue weighted by Gasteiger charge is -2.30. The van der Waals surface area contributed by atoms with Crippen LogP contribution in [0.15, 0.2) is 0 Å². The van der Waals surface area contributed by atoms with Gasteiger partial charge in [-0.05, 0) is 17.8 Å². The Morgan fingerprint density at radius 2 is 1.75 bits per heavy atom. The topological polar surface area (TPSA) is 46.2 Å². The Balaban J connectivity index is 2.43. The van der Waals surface area contributed by atoms with Gasteiger partial charge in [0.15, 0.2) is 5.78 Å². The van der Waals surface area contributed by atoms with Gasteiger partial charge < -0.3 is 5.32 Å². The molecule has 116 valence electrons. The van der Waals surface area contributed by atoms with E-state index >= 15 is 0 Å². The summed E-state index contributed by atoms with van der Waals surface area (Å²) in [6.45, 7) is 7.88. The molecule has 0 aromatic carbocycles. The van der Waals surface area contributed by atoms with E-state index in [4.69, 9.17) is 0 Å². The van der Waals surface area contributed by atoms with E-state index in [1.54, 1.807) is 0 Å². The van der Waals surface area contributed by atoms with Crippen molar-refractivity contribution in [1.29, 1.82) is 0 Å². The Bertz CT molecular complexity index is 324. The lowest BCUT2D eigenvalue weighted by atomic mass is 9.83. The van der Waals surface area contributed by atoms with Crippen LogP contribution in [0.2, 0.25) is 0 Å². The molecule has 1 amide bonds. The lowest BCUT2D eigenvalue weighted by molar-refractivity contribution is -0.130. The molecule has 1 unspecified atom stereocenters. The van der Waals surface area contributed by atoms with Gasteiger partial charge in [0.05, 0.1) is 6.04 Å². The molecule has 0 heterocycles. The zero-order valence-corrected chi connectivity index (χ0v) is 13.6. The number of Topliss-reactive ketones (excluding diaryl/α,β-unsaturated/α-hetero) is 1. The van der Waals surface area contributed by atoms with E-state index in [2.05, 4.69) is 5.32 Å². The highest BCUT2D eigenvalue weighted by molar-refractivity contribution is 5.89. The van der Waals surface area contributed by atoms with Crippen molar-refractivity contribution in [1.82, 2.24) is 5.32 Å². The fraction of sp³-hybridized carbons (Fsp3) is 0.882. The molecule has 1 atom stereocenters. The Morgan fingerprint density at radius 3 is 2.25 bits per heavy atom. The Kier molecular flexibility index (Phi) is 6.70. The second-order valence-electron chi connectivity index (χ2n) is 7.23. The highest BCUT2D eigenvalue weighted by Crippen LogP contribution is 2.27. The summed E-state index contributed by atoms with van der Waals surface area (Å²) in [5.74, 6) is 0.880. The molecule has 0 aliphatic heterocycles. The van der Waals surface area contributed by atoms with Gasteiger partial charge in [-0.2, -0.15) is 0 Å². The van der Waals surface area contributed by atoms with Crippen LogP contribution in [0.25, 0.3) is 0 Å². The highest BCUT2D eigenvalue weighted by atomic mass is 16.2. The number of ketones is 1. The maximum absolute atomic E-state index is 12.1. The van der Waals surface area contributed by atoms with Gasteiger partial charge in [0.2, 0.25) is 5.91 Å². The summed E-state index contributed by atoms with van der Waals surface area (Å²) in [5.41, 5.74) is -0.215. The third-order valence-corrected chi connectivity index (χ3v) is 4.35. The van der Waals surface area contributed by atoms with E-state index in [9.17, 15) is 9.59 Å². The van der Waals surface area contributed by atoms with Gasteiger partial charge in [-0.15, -0.1) is 0 Å². The number of carbonyl (C=O) groups excluding carboxylic acids is 2. The van der Waals surface area contributed by atoms with Crippen LogP contribution in [-0.2, 0) is 9.59 Å². The SMILES string of the molecule is CCC(=O)C(NC(=O)CCC1CCCCC1)C(C)(C)C. The van der Waals surface area contributed by atoms with Crippen molar-refractivity contribution < 1.29 is 9.59 Å². The number of hydrogen-bond acceptors (Lipinski definition) is 2. The standard InChI is InChI=1S/C17H31NO2/c1-5-14(19)16(17(2,3)4)18-15(20)12-11-13-9-7-6-8-10-13/h13,16H,5-12H2,1-4H3,(H,18,20). The minimum absolute atomic E-state index is 0.0392. The summed E-state index contributed by atoms with van der Waals surface area (Å²) in [6.07, 6.45) is 8.52. The third-order valence-electron chi connectivity index (χ3n) is 4.35. The average Bonchev–Trinajstić information content (AvgIpc) is 2.41. The Labute approximate surface area is 123 Å². The molecule has 1 aliphatic rings. The first-order valence-corrected chi connectivity index (χ1v) is 8.16. The van der Waals surface area contributed by atoms with E-state index in [0.717, 1.165) is 6.42 Å². The molecule has 0 radical (unpaired) electrons. The normalized spacial score (nSPS) is 18.6. The van der Waals surface area contributed by atoms with Crippen molar-refractivity contribution in [2.75, 3.05) is 0 Å². The largest absolute Gasteiger partial charge is 0.346 e. The predicted molar refractivity (Wildman–Crippen MR) is 82.5 cm³/mol. The fourth-order valence-electron chi connectivity index (χ4n) is 3.03. The molecule has 3 heteroatoms. The zero-order chi connectivity index (χ0) is 15.2. The first-order valence-electron chi connectivity index (χ1n) is 8.16. The molecule has 0 aromatic rings. The van der Waals surface area contributed by atoms with Gasteiger partial charge in [-0.25, -0.2) is 0 Å². The van der Waals surface area contributed by atoms with Crippen molar-refractivity contribution in [3.05, 3.63) is 0 Å². The molecule has 1 N–H and O–H groups in total. The van der Waals surface area contributed by atoms with Crippen LogP contribution in [0.3, 0.4) is 0 Å². The van der Waals surface area contributed by atoms with Crippen molar-refractivity contribution in [2.45, 2.75) is 85.1 Å². The molecule has 0 bridgehead atoms. The molecular weight excluding hydrogens is 250 g/mol. The molecule has 0 spiro atoms. The summed E-state index contributed by atoms with van der Waals surface area (Å²) in [7, 11) is 0. The van der Waals surface area contributed by atoms with Crippen LogP contribution in [0.4, 0.5) is 0 Å². The monoisotopic (exact) mass is 281 g/mol. The minimum atomic E-state index is -0.355. The number of hydrogen-bond donors (Lipinski definition) is 1. The van der Waals surface area contributed by atoms with Crippen LogP contribution >= 0.6 is 0 Å². The smallest absolute Gasteiger partial charge is 0.220 e. The van der Waals surface area contributed by atoms with Gasteiger partial charge in [0.25, 0.3) is 0 Å². The molecule has 3 nitrogen and oxygen atoms in total. The van der Waals surface area contributed by atoms with Crippen LogP contribution in [0, 0.1) is 11.3 Å². The Morgan fingerprint density at radius 1 is 1.15 bits per heavy atom. The molecule has 1 saturated carbocycles. The second-order valence-corrected chi connectivity index (χ2v) is 7.23. The van der Waals surface area contributed by atoms with Gasteiger partial charge >= 0.3 is 0 Å². The van der Waals surface area contributed by atoms with E-state index in [0.29, 0.717) is 18.8 Å². The molecule has 1 fully saturated rings. The predicted octanol–water partition coefficient (Wildman–Crippen LogP) is 3.86. The minimum Gasteiger partial charge on any atom is -0.346 e. The quantitative estimate of drug-likeness (QED) is 0.803. The number of carbonyl (C=O) groups is 2. The summed E-state index contributed by atoms with van der Waals surface area (Å²) in [6, 6.07) is -0.355. The maximum atomic E-state index is 12.1. The number of nitrogens with one attached hydrogen (secondary N) is 1. The van der Waals surface area contributed by atoms with Gasteiger partial charge in [0, 0.05) is 12.8 Å². The fourth-order valence-corrected chi connectivity index (χ4v) is 3.03. The van der Waals surface area contributed by atoms with Crippen molar-refractivity contribution in [3.8, 4) is 0 Å². The van der Waals surface area contributed by atoms with Crippen molar-refractivity contribution in [3.63, 3.8) is 0 Å². The summed E-state index contributed by atoms with van der Waals surface area (Å²) < 4.78 is 0. The zero-order valence-electron chi connectivity index (χ0n) is 13.6. The van der Waals surface area contributed by atoms with Crippen LogP contribution in [0.1, 0.15) is 79.1 Å². The third kappa shape index (κ3) is 5.64. The number of rotatable bonds is 6. The first-order chi connectivity index (χ1) is 9.34. The van der Waals surface area contributed by atoms with Gasteiger partial charge in [0.1, 0.15) is 0 Å². The van der Waals surface area contributed by atoms with E-state index in [1.165, 1.54) is 32.1 Å². The molecular formula is C17H31NO2. The summed E-state index contributed by atoms with van der Waals surface area (Å²) in [4.78, 5) is 24.1. The van der Waals surface area contributed by atoms with Crippen LogP contribution < -0.4 is 5.32 Å². The van der Waals surface area contributed by atoms with E-state index in [-0.39, 0.29) is 23.1 Å². The Hall–Kier alpha value is -0.860.